The van der Waals surface area contributed by atoms with Gasteiger partial charge in [-0.1, -0.05) is 16.8 Å². The summed E-state index contributed by atoms with van der Waals surface area (Å²) in [6.45, 7) is 2.94. The highest BCUT2D eigenvalue weighted by atomic mass is 35.5. The molecule has 2 N–H and O–H groups in total. The van der Waals surface area contributed by atoms with Crippen molar-refractivity contribution in [3.63, 3.8) is 0 Å². The number of nitrogens with zero attached hydrogens (tertiary/aromatic N) is 3. The molecule has 148 valence electrons. The first-order chi connectivity index (χ1) is 13.6. The maximum absolute atomic E-state index is 11.3. The monoisotopic (exact) mass is 402 g/mol. The highest BCUT2D eigenvalue weighted by Crippen LogP contribution is 2.32. The largest absolute Gasteiger partial charge is 0.361 e. The molecule has 2 aromatic heterocycles. The van der Waals surface area contributed by atoms with Gasteiger partial charge in [0.05, 0.1) is 0 Å². The number of rotatable bonds is 6. The van der Waals surface area contributed by atoms with E-state index in [0.717, 1.165) is 43.9 Å². The van der Waals surface area contributed by atoms with Crippen molar-refractivity contribution in [1.29, 1.82) is 0 Å². The molecule has 3 aromatic rings. The van der Waals surface area contributed by atoms with Crippen LogP contribution in [-0.4, -0.2) is 39.3 Å². The summed E-state index contributed by atoms with van der Waals surface area (Å²) in [7, 11) is 2.15. The topological polar surface area (TPSA) is 83.5 Å². The minimum Gasteiger partial charge on any atom is -0.361 e. The molecule has 0 bridgehead atoms. The summed E-state index contributed by atoms with van der Waals surface area (Å²) in [6, 6.07) is 7.72. The van der Waals surface area contributed by atoms with Crippen LogP contribution in [0.3, 0.4) is 0 Å². The quantitative estimate of drug-likeness (QED) is 0.375. The number of fused-ring (bicyclic) bond motifs is 3. The number of hydroxylamine groups is 1. The maximum Gasteiger partial charge on any atom is 0.296 e. The Morgan fingerprint density at radius 2 is 2.21 bits per heavy atom. The van der Waals surface area contributed by atoms with Gasteiger partial charge < -0.3 is 14.0 Å². The molecule has 1 aromatic carbocycles. The first-order valence-electron chi connectivity index (χ1n) is 9.45. The van der Waals surface area contributed by atoms with Crippen molar-refractivity contribution in [3.8, 4) is 0 Å². The lowest BCUT2D eigenvalue weighted by molar-refractivity contribution is 0.0696. The van der Waals surface area contributed by atoms with E-state index in [1.807, 2.05) is 6.07 Å². The maximum atomic E-state index is 11.3. The third kappa shape index (κ3) is 3.65. The normalized spacial score (nSPS) is 14.4. The summed E-state index contributed by atoms with van der Waals surface area (Å²) in [5.74, 6) is -0.0181. The van der Waals surface area contributed by atoms with Crippen LogP contribution in [-0.2, 0) is 25.9 Å². The van der Waals surface area contributed by atoms with Gasteiger partial charge in [-0.25, -0.2) is 5.48 Å². The van der Waals surface area contributed by atoms with Crippen LogP contribution in [0.1, 0.15) is 40.3 Å². The van der Waals surface area contributed by atoms with Crippen LogP contribution in [0.4, 0.5) is 0 Å². The summed E-state index contributed by atoms with van der Waals surface area (Å²) in [6.07, 6.45) is 3.63. The van der Waals surface area contributed by atoms with E-state index in [-0.39, 0.29) is 5.69 Å². The standard InChI is InChI=1S/C20H23ClN4O3/c1-24-9-7-19-16(12-24)15-10-13(21)5-6-18(15)25(19)8-3-2-4-14-11-17(23-28-14)20(26)22-27/h5-6,10-11,27H,2-4,7-9,12H2,1H3,(H,22,26). The van der Waals surface area contributed by atoms with E-state index in [4.69, 9.17) is 21.3 Å². The molecule has 28 heavy (non-hydrogen) atoms. The predicted molar refractivity (Wildman–Crippen MR) is 106 cm³/mol. The van der Waals surface area contributed by atoms with Crippen molar-refractivity contribution in [2.75, 3.05) is 13.6 Å². The van der Waals surface area contributed by atoms with Gasteiger partial charge in [0.15, 0.2) is 5.69 Å². The number of unbranched alkanes of at least 4 members (excludes halogenated alkanes) is 1. The van der Waals surface area contributed by atoms with E-state index in [1.165, 1.54) is 22.2 Å². The summed E-state index contributed by atoms with van der Waals surface area (Å²) in [4.78, 5) is 13.7. The number of halogens is 1. The summed E-state index contributed by atoms with van der Waals surface area (Å²) in [5.41, 5.74) is 5.69. The van der Waals surface area contributed by atoms with Gasteiger partial charge in [0.25, 0.3) is 5.91 Å². The Kier molecular flexibility index (Phi) is 5.39. The van der Waals surface area contributed by atoms with Crippen molar-refractivity contribution in [2.24, 2.45) is 0 Å². The van der Waals surface area contributed by atoms with Crippen LogP contribution < -0.4 is 5.48 Å². The van der Waals surface area contributed by atoms with Crippen LogP contribution in [0.15, 0.2) is 28.8 Å². The summed E-state index contributed by atoms with van der Waals surface area (Å²) in [5, 5.41) is 14.3. The van der Waals surface area contributed by atoms with Crippen LogP contribution in [0.25, 0.3) is 10.9 Å². The lowest BCUT2D eigenvalue weighted by Crippen LogP contribution is -2.27. The van der Waals surface area contributed by atoms with Gasteiger partial charge in [0, 0.05) is 60.2 Å². The van der Waals surface area contributed by atoms with Crippen molar-refractivity contribution in [3.05, 3.63) is 52.0 Å². The smallest absolute Gasteiger partial charge is 0.296 e. The van der Waals surface area contributed by atoms with Gasteiger partial charge in [-0.2, -0.15) is 0 Å². The second kappa shape index (κ2) is 7.95. The molecule has 8 heteroatoms. The van der Waals surface area contributed by atoms with Crippen molar-refractivity contribution < 1.29 is 14.5 Å². The molecule has 0 saturated heterocycles. The number of hydrogen-bond donors (Lipinski definition) is 2. The van der Waals surface area contributed by atoms with Crippen molar-refractivity contribution in [2.45, 2.75) is 38.8 Å². The molecule has 0 fully saturated rings. The van der Waals surface area contributed by atoms with Gasteiger partial charge in [0.1, 0.15) is 5.76 Å². The Hall–Kier alpha value is -2.35. The van der Waals surface area contributed by atoms with Gasteiger partial charge >= 0.3 is 0 Å². The van der Waals surface area contributed by atoms with Crippen molar-refractivity contribution >= 4 is 28.4 Å². The number of amides is 1. The van der Waals surface area contributed by atoms with Gasteiger partial charge in [0.2, 0.25) is 0 Å². The summed E-state index contributed by atoms with van der Waals surface area (Å²) >= 11 is 6.25. The molecular formula is C20H23ClN4O3. The number of nitrogens with one attached hydrogen (secondary N) is 1. The van der Waals surface area contributed by atoms with E-state index in [0.29, 0.717) is 12.2 Å². The number of benzene rings is 1. The van der Waals surface area contributed by atoms with Crippen LogP contribution in [0.2, 0.25) is 5.02 Å². The summed E-state index contributed by atoms with van der Waals surface area (Å²) < 4.78 is 7.59. The minimum atomic E-state index is -0.663. The second-order valence-electron chi connectivity index (χ2n) is 7.30. The molecule has 0 aliphatic carbocycles. The molecule has 0 radical (unpaired) electrons. The number of carbonyl (C=O) groups is 1. The molecule has 1 aliphatic rings. The van der Waals surface area contributed by atoms with Gasteiger partial charge in [-0.05, 0) is 43.7 Å². The SMILES string of the molecule is CN1CCc2c(c3cc(Cl)ccc3n2CCCCc2cc(C(=O)NO)no2)C1. The third-order valence-electron chi connectivity index (χ3n) is 5.36. The average molecular weight is 403 g/mol. The zero-order valence-electron chi connectivity index (χ0n) is 15.7. The Labute approximate surface area is 167 Å². The lowest BCUT2D eigenvalue weighted by atomic mass is 10.1. The number of aromatic nitrogens is 2. The van der Waals surface area contributed by atoms with Crippen molar-refractivity contribution in [1.82, 2.24) is 20.1 Å². The molecule has 4 rings (SSSR count). The number of likely N-dealkylation sites (N-methyl/N-ethyl adjacent to an activating group) is 1. The lowest BCUT2D eigenvalue weighted by Gasteiger charge is -2.24. The van der Waals surface area contributed by atoms with E-state index < -0.39 is 5.91 Å². The molecule has 1 amide bonds. The Balaban J connectivity index is 1.46. The van der Waals surface area contributed by atoms with E-state index in [1.54, 1.807) is 11.5 Å². The molecule has 0 saturated carbocycles. The fourth-order valence-electron chi connectivity index (χ4n) is 3.98. The molecule has 7 nitrogen and oxygen atoms in total. The number of aryl methyl sites for hydroxylation is 2. The number of hydrogen-bond acceptors (Lipinski definition) is 5. The van der Waals surface area contributed by atoms with E-state index in [9.17, 15) is 4.79 Å². The zero-order valence-corrected chi connectivity index (χ0v) is 16.5. The second-order valence-corrected chi connectivity index (χ2v) is 7.74. The molecule has 1 aliphatic heterocycles. The zero-order chi connectivity index (χ0) is 19.7. The highest BCUT2D eigenvalue weighted by Gasteiger charge is 2.22. The Morgan fingerprint density at radius 1 is 1.36 bits per heavy atom. The minimum absolute atomic E-state index is 0.0870. The average Bonchev–Trinajstić information content (AvgIpc) is 3.27. The Morgan fingerprint density at radius 3 is 3.04 bits per heavy atom. The molecule has 0 unspecified atom stereocenters. The first-order valence-corrected chi connectivity index (χ1v) is 9.82. The van der Waals surface area contributed by atoms with Gasteiger partial charge in [-0.15, -0.1) is 0 Å². The third-order valence-corrected chi connectivity index (χ3v) is 5.59. The highest BCUT2D eigenvalue weighted by molar-refractivity contribution is 6.31. The molecule has 3 heterocycles. The first kappa shape index (κ1) is 19.0. The van der Waals surface area contributed by atoms with Gasteiger partial charge in [-0.3, -0.25) is 10.0 Å². The Bertz CT molecular complexity index is 1010. The predicted octanol–water partition coefficient (Wildman–Crippen LogP) is 3.41. The molecular weight excluding hydrogens is 380 g/mol. The number of carbonyl (C=O) groups excluding carboxylic acids is 1. The fraction of sp³-hybridized carbons (Fsp3) is 0.400. The fourth-order valence-corrected chi connectivity index (χ4v) is 4.15. The van der Waals surface area contributed by atoms with Crippen LogP contribution in [0, 0.1) is 0 Å². The van der Waals surface area contributed by atoms with E-state index >= 15 is 0 Å². The van der Waals surface area contributed by atoms with E-state index in [2.05, 4.69) is 33.8 Å². The van der Waals surface area contributed by atoms with Crippen LogP contribution in [0.5, 0.6) is 0 Å². The molecule has 0 spiro atoms. The molecule has 0 atom stereocenters. The van der Waals surface area contributed by atoms with Crippen LogP contribution >= 0.6 is 11.6 Å².